The predicted octanol–water partition coefficient (Wildman–Crippen LogP) is 3.55. The summed E-state index contributed by atoms with van der Waals surface area (Å²) in [6.07, 6.45) is 8.64. The first-order chi connectivity index (χ1) is 14.0. The van der Waals surface area contributed by atoms with Crippen LogP contribution in [0.5, 0.6) is 5.75 Å². The number of rotatable bonds is 6. The highest BCUT2D eigenvalue weighted by Gasteiger charge is 2.25. The molecule has 6 nitrogen and oxygen atoms in total. The molecule has 0 spiro atoms. The molecule has 0 unspecified atom stereocenters. The van der Waals surface area contributed by atoms with Gasteiger partial charge in [0.2, 0.25) is 5.91 Å². The Bertz CT molecular complexity index is 719. The van der Waals surface area contributed by atoms with Gasteiger partial charge in [-0.1, -0.05) is 25.3 Å². The number of nitrogens with one attached hydrogen (secondary N) is 1. The van der Waals surface area contributed by atoms with Crippen molar-refractivity contribution in [3.8, 4) is 5.75 Å². The molecule has 0 aromatic heterocycles. The highest BCUT2D eigenvalue weighted by molar-refractivity contribution is 5.94. The van der Waals surface area contributed by atoms with Crippen molar-refractivity contribution in [1.29, 1.82) is 0 Å². The summed E-state index contributed by atoms with van der Waals surface area (Å²) < 4.78 is 5.07. The summed E-state index contributed by atoms with van der Waals surface area (Å²) in [7, 11) is 0. The van der Waals surface area contributed by atoms with Gasteiger partial charge < -0.3 is 15.0 Å². The Morgan fingerprint density at radius 3 is 2.45 bits per heavy atom. The lowest BCUT2D eigenvalue weighted by Gasteiger charge is -2.32. The fraction of sp³-hybridized carbons (Fsp3) is 0.609. The van der Waals surface area contributed by atoms with Gasteiger partial charge in [-0.3, -0.25) is 14.4 Å². The number of piperidine rings is 1. The topological polar surface area (TPSA) is 75.7 Å². The first-order valence-corrected chi connectivity index (χ1v) is 10.9. The largest absolute Gasteiger partial charge is 0.427 e. The first-order valence-electron chi connectivity index (χ1n) is 10.9. The van der Waals surface area contributed by atoms with E-state index in [9.17, 15) is 14.4 Å². The minimum Gasteiger partial charge on any atom is -0.427 e. The van der Waals surface area contributed by atoms with E-state index in [2.05, 4.69) is 5.32 Å². The highest BCUT2D eigenvalue weighted by Crippen LogP contribution is 2.26. The highest BCUT2D eigenvalue weighted by atomic mass is 16.5. The zero-order chi connectivity index (χ0) is 20.6. The Kier molecular flexibility index (Phi) is 7.67. The van der Waals surface area contributed by atoms with Crippen molar-refractivity contribution < 1.29 is 19.1 Å². The fourth-order valence-corrected chi connectivity index (χ4v) is 4.37. The molecule has 158 valence electrons. The zero-order valence-electron chi connectivity index (χ0n) is 17.3. The third kappa shape index (κ3) is 6.58. The smallest absolute Gasteiger partial charge is 0.308 e. The molecular formula is C23H32N2O4. The van der Waals surface area contributed by atoms with Crippen LogP contribution in [0.15, 0.2) is 24.3 Å². The van der Waals surface area contributed by atoms with Crippen LogP contribution in [0.1, 0.15) is 68.6 Å². The number of nitrogens with zero attached hydrogens (tertiary/aromatic N) is 1. The Hall–Kier alpha value is -2.37. The lowest BCUT2D eigenvalue weighted by molar-refractivity contribution is -0.131. The minimum absolute atomic E-state index is 0.0428. The molecule has 1 aliphatic heterocycles. The van der Waals surface area contributed by atoms with E-state index in [0.29, 0.717) is 49.2 Å². The van der Waals surface area contributed by atoms with Gasteiger partial charge in [-0.15, -0.1) is 0 Å². The maximum atomic E-state index is 12.7. The molecule has 1 saturated heterocycles. The molecule has 0 bridgehead atoms. The van der Waals surface area contributed by atoms with Gasteiger partial charge in [0.15, 0.2) is 0 Å². The molecule has 0 atom stereocenters. The van der Waals surface area contributed by atoms with Crippen molar-refractivity contribution in [1.82, 2.24) is 10.2 Å². The predicted molar refractivity (Wildman–Crippen MR) is 111 cm³/mol. The summed E-state index contributed by atoms with van der Waals surface area (Å²) in [5, 5.41) is 3.11. The molecule has 3 rings (SSSR count). The maximum Gasteiger partial charge on any atom is 0.308 e. The van der Waals surface area contributed by atoms with Gasteiger partial charge in [0.25, 0.3) is 5.91 Å². The molecular weight excluding hydrogens is 368 g/mol. The molecule has 1 aromatic carbocycles. The fourth-order valence-electron chi connectivity index (χ4n) is 4.37. The van der Waals surface area contributed by atoms with Gasteiger partial charge in [-0.25, -0.2) is 0 Å². The number of ether oxygens (including phenoxy) is 1. The second kappa shape index (κ2) is 10.4. The van der Waals surface area contributed by atoms with E-state index in [1.807, 2.05) is 4.90 Å². The van der Waals surface area contributed by atoms with Crippen LogP contribution in [-0.4, -0.2) is 42.3 Å². The number of carbonyl (C=O) groups is 3. The van der Waals surface area contributed by atoms with E-state index >= 15 is 0 Å². The van der Waals surface area contributed by atoms with Crippen molar-refractivity contribution in [3.05, 3.63) is 29.8 Å². The van der Waals surface area contributed by atoms with E-state index in [1.165, 1.54) is 39.0 Å². The molecule has 0 radical (unpaired) electrons. The van der Waals surface area contributed by atoms with Gasteiger partial charge in [0.05, 0.1) is 0 Å². The lowest BCUT2D eigenvalue weighted by Crippen LogP contribution is -2.41. The molecule has 2 aliphatic rings. The van der Waals surface area contributed by atoms with Crippen molar-refractivity contribution in [2.75, 3.05) is 19.6 Å². The number of likely N-dealkylation sites (tertiary alicyclic amines) is 1. The van der Waals surface area contributed by atoms with Gasteiger partial charge in [-0.2, -0.15) is 0 Å². The van der Waals surface area contributed by atoms with E-state index in [0.717, 1.165) is 12.8 Å². The van der Waals surface area contributed by atoms with Crippen LogP contribution in [-0.2, 0) is 9.59 Å². The Labute approximate surface area is 173 Å². The average molecular weight is 401 g/mol. The monoisotopic (exact) mass is 400 g/mol. The van der Waals surface area contributed by atoms with Crippen LogP contribution in [0, 0.1) is 11.8 Å². The molecule has 1 N–H and O–H groups in total. The summed E-state index contributed by atoms with van der Waals surface area (Å²) in [6.45, 7) is 3.41. The summed E-state index contributed by atoms with van der Waals surface area (Å²) >= 11 is 0. The summed E-state index contributed by atoms with van der Waals surface area (Å²) in [5.41, 5.74) is 0.531. The number of benzene rings is 1. The van der Waals surface area contributed by atoms with Crippen LogP contribution in [0.4, 0.5) is 0 Å². The molecule has 2 fully saturated rings. The lowest BCUT2D eigenvalue weighted by atomic mass is 9.87. The van der Waals surface area contributed by atoms with Gasteiger partial charge in [-0.05, 0) is 55.7 Å². The first kappa shape index (κ1) is 21.3. The van der Waals surface area contributed by atoms with Crippen LogP contribution in [0.2, 0.25) is 0 Å². The van der Waals surface area contributed by atoms with Gasteiger partial charge >= 0.3 is 5.97 Å². The van der Waals surface area contributed by atoms with Crippen LogP contribution in [0.3, 0.4) is 0 Å². The normalized spacial score (nSPS) is 18.3. The van der Waals surface area contributed by atoms with Gasteiger partial charge in [0, 0.05) is 38.5 Å². The minimum atomic E-state index is -0.402. The third-order valence-electron chi connectivity index (χ3n) is 6.03. The SMILES string of the molecule is CC(=O)Oc1cccc(C(=O)N2CCC(CNC(=O)CC3CCCCC3)CC2)c1. The number of amides is 2. The molecule has 1 saturated carbocycles. The van der Waals surface area contributed by atoms with E-state index in [-0.39, 0.29) is 11.8 Å². The summed E-state index contributed by atoms with van der Waals surface area (Å²) in [5.74, 6) is 1.10. The quantitative estimate of drug-likeness (QED) is 0.585. The van der Waals surface area contributed by atoms with Crippen molar-refractivity contribution >= 4 is 17.8 Å². The van der Waals surface area contributed by atoms with E-state index in [4.69, 9.17) is 4.74 Å². The third-order valence-corrected chi connectivity index (χ3v) is 6.03. The molecule has 1 heterocycles. The zero-order valence-corrected chi connectivity index (χ0v) is 17.3. The van der Waals surface area contributed by atoms with E-state index < -0.39 is 5.97 Å². The molecule has 29 heavy (non-hydrogen) atoms. The van der Waals surface area contributed by atoms with Crippen molar-refractivity contribution in [2.45, 2.75) is 58.3 Å². The summed E-state index contributed by atoms with van der Waals surface area (Å²) in [6, 6.07) is 6.74. The van der Waals surface area contributed by atoms with Crippen molar-refractivity contribution in [3.63, 3.8) is 0 Å². The Morgan fingerprint density at radius 2 is 1.76 bits per heavy atom. The molecule has 2 amide bonds. The van der Waals surface area contributed by atoms with Crippen LogP contribution >= 0.6 is 0 Å². The molecule has 1 aliphatic carbocycles. The number of hydrogen-bond donors (Lipinski definition) is 1. The average Bonchev–Trinajstić information content (AvgIpc) is 2.72. The number of hydrogen-bond acceptors (Lipinski definition) is 4. The maximum absolute atomic E-state index is 12.7. The molecule has 1 aromatic rings. The Balaban J connectivity index is 1.41. The summed E-state index contributed by atoms with van der Waals surface area (Å²) in [4.78, 5) is 37.9. The number of esters is 1. The second-order valence-corrected chi connectivity index (χ2v) is 8.37. The van der Waals surface area contributed by atoms with Crippen LogP contribution in [0.25, 0.3) is 0 Å². The molecule has 6 heteroatoms. The number of carbonyl (C=O) groups excluding carboxylic acids is 3. The second-order valence-electron chi connectivity index (χ2n) is 8.37. The van der Waals surface area contributed by atoms with Gasteiger partial charge in [0.1, 0.15) is 5.75 Å². The standard InChI is InChI=1S/C23H32N2O4/c1-17(26)29-21-9-5-8-20(15-21)23(28)25-12-10-19(11-13-25)16-24-22(27)14-18-6-3-2-4-7-18/h5,8-9,15,18-19H,2-4,6-7,10-14,16H2,1H3,(H,24,27). The van der Waals surface area contributed by atoms with Crippen molar-refractivity contribution in [2.24, 2.45) is 11.8 Å². The Morgan fingerprint density at radius 1 is 1.03 bits per heavy atom. The van der Waals surface area contributed by atoms with E-state index in [1.54, 1.807) is 24.3 Å². The van der Waals surface area contributed by atoms with Crippen LogP contribution < -0.4 is 10.1 Å².